The molecule has 0 aliphatic rings. The number of nitrogens with zero attached hydrogens (tertiary/aromatic N) is 1. The molecule has 0 saturated heterocycles. The maximum Gasteiger partial charge on any atom is 0.241 e. The number of carbonyl (C=O) groups is 1. The van der Waals surface area contributed by atoms with E-state index in [1.54, 1.807) is 18.2 Å². The quantitative estimate of drug-likeness (QED) is 0.719. The molecule has 1 atom stereocenters. The highest BCUT2D eigenvalue weighted by Gasteiger charge is 2.22. The summed E-state index contributed by atoms with van der Waals surface area (Å²) in [6, 6.07) is 5.04. The highest BCUT2D eigenvalue weighted by Crippen LogP contribution is 2.22. The zero-order valence-corrected chi connectivity index (χ0v) is 13.9. The van der Waals surface area contributed by atoms with Crippen molar-refractivity contribution in [2.75, 3.05) is 24.1 Å². The highest BCUT2D eigenvalue weighted by molar-refractivity contribution is 6.33. The van der Waals surface area contributed by atoms with Gasteiger partial charge in [-0.1, -0.05) is 38.8 Å². The number of benzene rings is 1. The maximum absolute atomic E-state index is 12.5. The van der Waals surface area contributed by atoms with Crippen molar-refractivity contribution < 1.29 is 4.79 Å². The van der Waals surface area contributed by atoms with Gasteiger partial charge in [-0.15, -0.1) is 0 Å². The molecule has 5 heteroatoms. The summed E-state index contributed by atoms with van der Waals surface area (Å²) in [6.45, 7) is 8.10. The van der Waals surface area contributed by atoms with E-state index >= 15 is 0 Å². The molecule has 0 aromatic heterocycles. The number of nitrogens with one attached hydrogen (secondary N) is 1. The van der Waals surface area contributed by atoms with E-state index < -0.39 is 0 Å². The van der Waals surface area contributed by atoms with Crippen molar-refractivity contribution in [3.8, 4) is 0 Å². The fraction of sp³-hybridized carbons (Fsp3) is 0.562. The zero-order chi connectivity index (χ0) is 15.8. The highest BCUT2D eigenvalue weighted by atomic mass is 35.5. The molecule has 1 amide bonds. The number of nitrogen functional groups attached to an aromatic ring is 1. The Kier molecular flexibility index (Phi) is 7.54. The average molecular weight is 312 g/mol. The third-order valence-corrected chi connectivity index (χ3v) is 3.94. The Morgan fingerprint density at radius 2 is 2.10 bits per heavy atom. The molecule has 0 heterocycles. The van der Waals surface area contributed by atoms with E-state index in [2.05, 4.69) is 24.1 Å². The molecular formula is C16H26ClN3O. The molecule has 0 bridgehead atoms. The molecule has 1 unspecified atom stereocenters. The maximum atomic E-state index is 12.5. The second kappa shape index (κ2) is 8.90. The third kappa shape index (κ3) is 5.21. The second-order valence-corrected chi connectivity index (χ2v) is 5.54. The van der Waals surface area contributed by atoms with E-state index in [4.69, 9.17) is 17.3 Å². The van der Waals surface area contributed by atoms with E-state index in [-0.39, 0.29) is 11.9 Å². The number of rotatable bonds is 8. The third-order valence-electron chi connectivity index (χ3n) is 3.60. The van der Waals surface area contributed by atoms with Crippen LogP contribution in [0.25, 0.3) is 0 Å². The Labute approximate surface area is 132 Å². The largest absolute Gasteiger partial charge is 0.397 e. The van der Waals surface area contributed by atoms with Gasteiger partial charge in [-0.05, 0) is 44.1 Å². The van der Waals surface area contributed by atoms with Crippen molar-refractivity contribution in [3.05, 3.63) is 23.2 Å². The van der Waals surface area contributed by atoms with Gasteiger partial charge in [0.25, 0.3) is 0 Å². The Balaban J connectivity index is 2.75. The monoisotopic (exact) mass is 311 g/mol. The minimum atomic E-state index is -0.113. The van der Waals surface area contributed by atoms with Crippen molar-refractivity contribution >= 4 is 28.9 Å². The molecule has 0 aliphatic carbocycles. The molecular weight excluding hydrogens is 286 g/mol. The first-order chi connectivity index (χ1) is 10.0. The van der Waals surface area contributed by atoms with Gasteiger partial charge in [0, 0.05) is 5.69 Å². The second-order valence-electron chi connectivity index (χ2n) is 5.13. The van der Waals surface area contributed by atoms with Crippen LogP contribution in [0, 0.1) is 0 Å². The SMILES string of the molecule is CCCCN(CC)C(CC)C(=O)Nc1ccc(Cl)c(N)c1. The molecule has 1 rings (SSSR count). The lowest BCUT2D eigenvalue weighted by atomic mass is 10.1. The molecule has 0 radical (unpaired) electrons. The molecule has 3 N–H and O–H groups in total. The van der Waals surface area contributed by atoms with Crippen molar-refractivity contribution in [2.24, 2.45) is 0 Å². The van der Waals surface area contributed by atoms with Crippen LogP contribution in [0.15, 0.2) is 18.2 Å². The van der Waals surface area contributed by atoms with Crippen LogP contribution in [0.3, 0.4) is 0 Å². The lowest BCUT2D eigenvalue weighted by Gasteiger charge is -2.29. The summed E-state index contributed by atoms with van der Waals surface area (Å²) in [5, 5.41) is 3.43. The lowest BCUT2D eigenvalue weighted by molar-refractivity contribution is -0.121. The Bertz CT molecular complexity index is 465. The Hall–Kier alpha value is -1.26. The van der Waals surface area contributed by atoms with Crippen LogP contribution >= 0.6 is 11.6 Å². The van der Waals surface area contributed by atoms with E-state index in [1.165, 1.54) is 0 Å². The van der Waals surface area contributed by atoms with Crippen molar-refractivity contribution in [1.29, 1.82) is 0 Å². The van der Waals surface area contributed by atoms with Gasteiger partial charge in [0.2, 0.25) is 5.91 Å². The van der Waals surface area contributed by atoms with Gasteiger partial charge >= 0.3 is 0 Å². The summed E-state index contributed by atoms with van der Waals surface area (Å²) in [5.41, 5.74) is 6.92. The van der Waals surface area contributed by atoms with Crippen LogP contribution in [0.4, 0.5) is 11.4 Å². The van der Waals surface area contributed by atoms with Crippen LogP contribution in [0.1, 0.15) is 40.0 Å². The van der Waals surface area contributed by atoms with Gasteiger partial charge in [-0.3, -0.25) is 9.69 Å². The fourth-order valence-electron chi connectivity index (χ4n) is 2.35. The van der Waals surface area contributed by atoms with Crippen LogP contribution in [-0.2, 0) is 4.79 Å². The number of likely N-dealkylation sites (N-methyl/N-ethyl adjacent to an activating group) is 1. The molecule has 0 aliphatic heterocycles. The number of nitrogens with two attached hydrogens (primary N) is 1. The van der Waals surface area contributed by atoms with Crippen LogP contribution in [-0.4, -0.2) is 29.9 Å². The van der Waals surface area contributed by atoms with Gasteiger partial charge in [0.15, 0.2) is 0 Å². The van der Waals surface area contributed by atoms with Crippen LogP contribution in [0.5, 0.6) is 0 Å². The van der Waals surface area contributed by atoms with Crippen molar-refractivity contribution in [2.45, 2.75) is 46.1 Å². The number of unbranched alkanes of at least 4 members (excludes halogenated alkanes) is 1. The topological polar surface area (TPSA) is 58.4 Å². The van der Waals surface area contributed by atoms with Crippen LogP contribution in [0.2, 0.25) is 5.02 Å². The van der Waals surface area contributed by atoms with E-state index in [1.807, 2.05) is 6.92 Å². The minimum Gasteiger partial charge on any atom is -0.397 e. The molecule has 21 heavy (non-hydrogen) atoms. The predicted octanol–water partition coefficient (Wildman–Crippen LogP) is 3.76. The molecule has 0 saturated carbocycles. The predicted molar refractivity (Wildman–Crippen MR) is 90.7 cm³/mol. The number of anilines is 2. The van der Waals surface area contributed by atoms with Gasteiger partial charge in [-0.2, -0.15) is 0 Å². The molecule has 4 nitrogen and oxygen atoms in total. The number of hydrogen-bond donors (Lipinski definition) is 2. The first-order valence-corrected chi connectivity index (χ1v) is 8.01. The summed E-state index contributed by atoms with van der Waals surface area (Å²) < 4.78 is 0. The van der Waals surface area contributed by atoms with Crippen molar-refractivity contribution in [1.82, 2.24) is 4.90 Å². The normalized spacial score (nSPS) is 12.4. The van der Waals surface area contributed by atoms with E-state index in [0.717, 1.165) is 32.4 Å². The van der Waals surface area contributed by atoms with Gasteiger partial charge in [0.05, 0.1) is 16.8 Å². The van der Waals surface area contributed by atoms with E-state index in [9.17, 15) is 4.79 Å². The summed E-state index contributed by atoms with van der Waals surface area (Å²) in [5.74, 6) is 0.0113. The van der Waals surface area contributed by atoms with Gasteiger partial charge in [0.1, 0.15) is 0 Å². The molecule has 1 aromatic rings. The van der Waals surface area contributed by atoms with Gasteiger partial charge < -0.3 is 11.1 Å². The zero-order valence-electron chi connectivity index (χ0n) is 13.2. The Morgan fingerprint density at radius 1 is 1.38 bits per heavy atom. The lowest BCUT2D eigenvalue weighted by Crippen LogP contribution is -2.44. The molecule has 0 spiro atoms. The number of halogens is 1. The molecule has 1 aromatic carbocycles. The Morgan fingerprint density at radius 3 is 2.62 bits per heavy atom. The first-order valence-electron chi connectivity index (χ1n) is 7.63. The van der Waals surface area contributed by atoms with Crippen molar-refractivity contribution in [3.63, 3.8) is 0 Å². The summed E-state index contributed by atoms with van der Waals surface area (Å²) in [6.07, 6.45) is 3.01. The number of amides is 1. The summed E-state index contributed by atoms with van der Waals surface area (Å²) in [4.78, 5) is 14.7. The molecule has 118 valence electrons. The number of hydrogen-bond acceptors (Lipinski definition) is 3. The number of carbonyl (C=O) groups excluding carboxylic acids is 1. The molecule has 0 fully saturated rings. The minimum absolute atomic E-state index is 0.0113. The smallest absolute Gasteiger partial charge is 0.241 e. The average Bonchev–Trinajstić information content (AvgIpc) is 2.47. The van der Waals surface area contributed by atoms with E-state index in [0.29, 0.717) is 16.4 Å². The summed E-state index contributed by atoms with van der Waals surface area (Å²) in [7, 11) is 0. The first kappa shape index (κ1) is 17.8. The van der Waals surface area contributed by atoms with Gasteiger partial charge in [-0.25, -0.2) is 0 Å². The van der Waals surface area contributed by atoms with Crippen LogP contribution < -0.4 is 11.1 Å². The fourth-order valence-corrected chi connectivity index (χ4v) is 2.47. The standard InChI is InChI=1S/C16H26ClN3O/c1-4-7-10-20(6-3)15(5-2)16(21)19-12-8-9-13(17)14(18)11-12/h8-9,11,15H,4-7,10,18H2,1-3H3,(H,19,21). The summed E-state index contributed by atoms with van der Waals surface area (Å²) >= 11 is 5.89.